The minimum atomic E-state index is -0.305. The number of hydrogen-bond donors (Lipinski definition) is 1. The molecule has 0 fully saturated rings. The summed E-state index contributed by atoms with van der Waals surface area (Å²) in [7, 11) is 0. The first-order valence-electron chi connectivity index (χ1n) is 6.91. The number of nitrogens with one attached hydrogen (secondary N) is 1. The molecule has 0 heterocycles. The average molecular weight is 320 g/mol. The zero-order valence-electron chi connectivity index (χ0n) is 13.9. The van der Waals surface area contributed by atoms with Crippen LogP contribution in [0.5, 0.6) is 0 Å². The van der Waals surface area contributed by atoms with Crippen LogP contribution in [0.25, 0.3) is 0 Å². The Labute approximate surface area is 137 Å². The van der Waals surface area contributed by atoms with Crippen molar-refractivity contribution in [3.63, 3.8) is 0 Å². The molecule has 0 saturated heterocycles. The lowest BCUT2D eigenvalue weighted by Gasteiger charge is -2.16. The second-order valence-corrected chi connectivity index (χ2v) is 6.06. The van der Waals surface area contributed by atoms with Gasteiger partial charge >= 0.3 is 0 Å². The Morgan fingerprint density at radius 3 is 2.27 bits per heavy atom. The van der Waals surface area contributed by atoms with Crippen LogP contribution in [0.4, 0.5) is 0 Å². The third kappa shape index (κ3) is 7.22. The van der Waals surface area contributed by atoms with Crippen LogP contribution in [0, 0.1) is 0 Å². The van der Waals surface area contributed by atoms with Crippen molar-refractivity contribution in [2.75, 3.05) is 0 Å². The number of rotatable bonds is 8. The van der Waals surface area contributed by atoms with E-state index < -0.39 is 0 Å². The molecule has 0 aliphatic rings. The molecule has 4 nitrogen and oxygen atoms in total. The lowest BCUT2D eigenvalue weighted by molar-refractivity contribution is -0.115. The molecule has 0 radical (unpaired) electrons. The zero-order chi connectivity index (χ0) is 17.3. The maximum absolute atomic E-state index is 12.2. The van der Waals surface area contributed by atoms with Crippen molar-refractivity contribution in [3.05, 3.63) is 46.9 Å². The van der Waals surface area contributed by atoms with E-state index in [1.54, 1.807) is 19.1 Å². The monoisotopic (exact) mass is 320 g/mol. The van der Waals surface area contributed by atoms with Gasteiger partial charge < -0.3 is 5.32 Å². The molecule has 0 aromatic carbocycles. The highest BCUT2D eigenvalue weighted by Gasteiger charge is 2.16. The number of carbonyl (C=O) groups excluding carboxylic acids is 2. The van der Waals surface area contributed by atoms with E-state index in [0.29, 0.717) is 9.81 Å². The average Bonchev–Trinajstić information content (AvgIpc) is 2.42. The fourth-order valence-electron chi connectivity index (χ4n) is 1.45. The highest BCUT2D eigenvalue weighted by Crippen LogP contribution is 2.26. The van der Waals surface area contributed by atoms with E-state index in [1.165, 1.54) is 24.9 Å². The second-order valence-electron chi connectivity index (χ2n) is 4.89. The van der Waals surface area contributed by atoms with Crippen molar-refractivity contribution >= 4 is 29.2 Å². The first kappa shape index (κ1) is 20.1. The van der Waals surface area contributed by atoms with Gasteiger partial charge in [-0.05, 0) is 40.7 Å². The van der Waals surface area contributed by atoms with Crippen LogP contribution >= 0.6 is 11.8 Å². The Balaban J connectivity index is 4.93. The molecule has 0 bridgehead atoms. The highest BCUT2D eigenvalue weighted by atomic mass is 32.2. The van der Waals surface area contributed by atoms with E-state index in [-0.39, 0.29) is 23.4 Å². The second kappa shape index (κ2) is 9.95. The summed E-state index contributed by atoms with van der Waals surface area (Å²) < 4.78 is 0. The molecule has 0 rings (SSSR count). The summed E-state index contributed by atoms with van der Waals surface area (Å²) in [5.41, 5.74) is 1.25. The van der Waals surface area contributed by atoms with Crippen LogP contribution in [-0.2, 0) is 9.59 Å². The molecule has 0 aliphatic heterocycles. The summed E-state index contributed by atoms with van der Waals surface area (Å²) >= 11 is 1.27. The van der Waals surface area contributed by atoms with Crippen LogP contribution in [0.1, 0.15) is 34.6 Å². The van der Waals surface area contributed by atoms with Gasteiger partial charge in [-0.25, -0.2) is 0 Å². The fourth-order valence-corrected chi connectivity index (χ4v) is 2.23. The number of Topliss-reactive ketones (excluding diaryl/α,β-unsaturated/α-hetero) is 1. The molecular weight excluding hydrogens is 296 g/mol. The summed E-state index contributed by atoms with van der Waals surface area (Å²) in [6.45, 7) is 16.3. The van der Waals surface area contributed by atoms with Gasteiger partial charge in [0.15, 0.2) is 5.78 Å². The fraction of sp³-hybridized carbons (Fsp3) is 0.353. The van der Waals surface area contributed by atoms with E-state index in [1.807, 2.05) is 20.8 Å². The molecule has 0 aliphatic carbocycles. The molecule has 0 spiro atoms. The molecule has 1 N–H and O–H groups in total. The van der Waals surface area contributed by atoms with E-state index in [2.05, 4.69) is 23.5 Å². The van der Waals surface area contributed by atoms with Gasteiger partial charge in [-0.15, -0.1) is 0 Å². The zero-order valence-corrected chi connectivity index (χ0v) is 14.7. The van der Waals surface area contributed by atoms with E-state index >= 15 is 0 Å². The number of aliphatic imine (C=N–C) groups is 1. The molecule has 120 valence electrons. The standard InChI is InChI=1S/C17H24N2O2S/c1-8-16(13(6)20)22-14(7)12(5)19-17(21)15(18-9-2)10-11(3)4/h8-10,12H,2,7H2,1,3-6H3,(H,19,21)/b16-8-,18-15?. The van der Waals surface area contributed by atoms with E-state index in [9.17, 15) is 9.59 Å². The number of hydrogen-bond acceptors (Lipinski definition) is 4. The number of nitrogens with zero attached hydrogens (tertiary/aromatic N) is 1. The van der Waals surface area contributed by atoms with E-state index in [4.69, 9.17) is 0 Å². The van der Waals surface area contributed by atoms with Crippen molar-refractivity contribution in [1.29, 1.82) is 0 Å². The number of allylic oxidation sites excluding steroid dienone is 3. The lowest BCUT2D eigenvalue weighted by Crippen LogP contribution is -2.37. The number of amides is 1. The molecule has 0 saturated carbocycles. The predicted molar refractivity (Wildman–Crippen MR) is 95.8 cm³/mol. The summed E-state index contributed by atoms with van der Waals surface area (Å²) in [6.07, 6.45) is 4.75. The van der Waals surface area contributed by atoms with Crippen LogP contribution in [0.3, 0.4) is 0 Å². The third-order valence-corrected chi connectivity index (χ3v) is 3.93. The smallest absolute Gasteiger partial charge is 0.270 e. The first-order valence-corrected chi connectivity index (χ1v) is 7.72. The molecule has 1 atom stereocenters. The number of carbonyl (C=O) groups is 2. The van der Waals surface area contributed by atoms with Crippen LogP contribution in [0.15, 0.2) is 51.9 Å². The summed E-state index contributed by atoms with van der Waals surface area (Å²) in [5.74, 6) is -0.328. The Morgan fingerprint density at radius 1 is 1.27 bits per heavy atom. The molecule has 5 heteroatoms. The Bertz CT molecular complexity index is 553. The normalized spacial score (nSPS) is 13.1. The summed E-state index contributed by atoms with van der Waals surface area (Å²) in [6, 6.07) is -0.299. The van der Waals surface area contributed by atoms with Crippen molar-refractivity contribution in [3.8, 4) is 0 Å². The highest BCUT2D eigenvalue weighted by molar-refractivity contribution is 8.07. The van der Waals surface area contributed by atoms with Gasteiger partial charge in [-0.2, -0.15) is 0 Å². The van der Waals surface area contributed by atoms with Crippen molar-refractivity contribution in [2.45, 2.75) is 40.7 Å². The van der Waals surface area contributed by atoms with Crippen LogP contribution in [0.2, 0.25) is 0 Å². The molecule has 22 heavy (non-hydrogen) atoms. The lowest BCUT2D eigenvalue weighted by atomic mass is 10.2. The minimum Gasteiger partial charge on any atom is -0.344 e. The van der Waals surface area contributed by atoms with Gasteiger partial charge in [0, 0.05) is 11.1 Å². The van der Waals surface area contributed by atoms with Gasteiger partial charge in [0.25, 0.3) is 5.91 Å². The molecule has 0 aromatic heterocycles. The van der Waals surface area contributed by atoms with Crippen molar-refractivity contribution in [2.24, 2.45) is 4.99 Å². The molecule has 0 aromatic rings. The Kier molecular flexibility index (Phi) is 9.10. The van der Waals surface area contributed by atoms with Gasteiger partial charge in [-0.3, -0.25) is 14.6 Å². The van der Waals surface area contributed by atoms with Crippen LogP contribution in [-0.4, -0.2) is 23.4 Å². The number of thioether (sulfide) groups is 1. The van der Waals surface area contributed by atoms with Gasteiger partial charge in [0.05, 0.1) is 10.9 Å². The first-order chi connectivity index (χ1) is 10.2. The molecule has 1 unspecified atom stereocenters. The quantitative estimate of drug-likeness (QED) is 0.547. The molecule has 1 amide bonds. The van der Waals surface area contributed by atoms with Gasteiger partial charge in [-0.1, -0.05) is 36.6 Å². The maximum Gasteiger partial charge on any atom is 0.270 e. The van der Waals surface area contributed by atoms with Crippen molar-refractivity contribution in [1.82, 2.24) is 5.32 Å². The Morgan fingerprint density at radius 2 is 1.86 bits per heavy atom. The summed E-state index contributed by atoms with van der Waals surface area (Å²) in [4.78, 5) is 28.9. The topological polar surface area (TPSA) is 58.5 Å². The van der Waals surface area contributed by atoms with Crippen LogP contribution < -0.4 is 5.32 Å². The Hall–Kier alpha value is -1.88. The maximum atomic E-state index is 12.2. The van der Waals surface area contributed by atoms with Crippen molar-refractivity contribution < 1.29 is 9.59 Å². The third-order valence-electron chi connectivity index (χ3n) is 2.57. The number of ketones is 1. The SMILES string of the molecule is C=CN=C(C=C(C)C)C(=O)NC(C)C(=C)S/C(=C\C)C(C)=O. The van der Waals surface area contributed by atoms with Gasteiger partial charge in [0.2, 0.25) is 0 Å². The summed E-state index contributed by atoms with van der Waals surface area (Å²) in [5, 5.41) is 2.82. The molecular formula is C17H24N2O2S. The minimum absolute atomic E-state index is 0.0226. The largest absolute Gasteiger partial charge is 0.344 e. The van der Waals surface area contributed by atoms with E-state index in [0.717, 1.165) is 5.57 Å². The predicted octanol–water partition coefficient (Wildman–Crippen LogP) is 3.78. The van der Waals surface area contributed by atoms with Gasteiger partial charge in [0.1, 0.15) is 5.71 Å².